The summed E-state index contributed by atoms with van der Waals surface area (Å²) in [6.45, 7) is 0. The lowest BCUT2D eigenvalue weighted by atomic mass is 10.3. The second-order valence-corrected chi connectivity index (χ2v) is 8.02. The van der Waals surface area contributed by atoms with Gasteiger partial charge in [0.25, 0.3) is 0 Å². The molecule has 0 aliphatic heterocycles. The van der Waals surface area contributed by atoms with Crippen LogP contribution in [0.3, 0.4) is 0 Å². The van der Waals surface area contributed by atoms with Crippen molar-refractivity contribution in [1.82, 2.24) is 9.97 Å². The van der Waals surface area contributed by atoms with Crippen molar-refractivity contribution in [2.45, 2.75) is 0 Å². The minimum atomic E-state index is 0.321. The van der Waals surface area contributed by atoms with Gasteiger partial charge in [0.05, 0.1) is 25.2 Å². The summed E-state index contributed by atoms with van der Waals surface area (Å²) in [6, 6.07) is 17.3. The molecule has 0 saturated heterocycles. The summed E-state index contributed by atoms with van der Waals surface area (Å²) in [7, 11) is 1.62. The van der Waals surface area contributed by atoms with Crippen LogP contribution in [-0.2, 0) is 0 Å². The SMILES string of the molecule is COc1ccccc1Nc1cc(NN=Cc2cccs2)nc(NN=Cc2cccs2)n1. The quantitative estimate of drug-likeness (QED) is 0.239. The predicted octanol–water partition coefficient (Wildman–Crippen LogP) is 5.24. The lowest BCUT2D eigenvalue weighted by molar-refractivity contribution is 0.417. The highest BCUT2D eigenvalue weighted by Crippen LogP contribution is 2.27. The van der Waals surface area contributed by atoms with E-state index in [1.165, 1.54) is 0 Å². The number of nitrogens with one attached hydrogen (secondary N) is 3. The molecule has 1 aromatic carbocycles. The fourth-order valence-corrected chi connectivity index (χ4v) is 3.72. The van der Waals surface area contributed by atoms with Crippen molar-refractivity contribution < 1.29 is 4.74 Å². The van der Waals surface area contributed by atoms with Gasteiger partial charge >= 0.3 is 0 Å². The van der Waals surface area contributed by atoms with Gasteiger partial charge < -0.3 is 10.1 Å². The van der Waals surface area contributed by atoms with E-state index in [0.29, 0.717) is 23.3 Å². The van der Waals surface area contributed by atoms with E-state index < -0.39 is 0 Å². The van der Waals surface area contributed by atoms with Crippen LogP contribution in [-0.4, -0.2) is 29.5 Å². The summed E-state index contributed by atoms with van der Waals surface area (Å²) in [5.74, 6) is 2.09. The zero-order chi connectivity index (χ0) is 21.3. The lowest BCUT2D eigenvalue weighted by Crippen LogP contribution is -2.04. The standard InChI is InChI=1S/C21H19N7OS2/c1-29-18-9-3-2-8-17(18)24-19-12-20(27-22-13-15-6-4-10-30-15)26-21(25-19)28-23-14-16-7-5-11-31-16/h2-14H,1H3,(H3,24,25,26,27,28). The molecule has 0 atom stereocenters. The molecule has 0 radical (unpaired) electrons. The third-order valence-corrected chi connectivity index (χ3v) is 5.52. The molecule has 4 rings (SSSR count). The Hall–Kier alpha value is -3.76. The highest BCUT2D eigenvalue weighted by atomic mass is 32.1. The molecule has 156 valence electrons. The molecule has 0 unspecified atom stereocenters. The zero-order valence-corrected chi connectivity index (χ0v) is 18.2. The van der Waals surface area contributed by atoms with Crippen LogP contribution in [0.25, 0.3) is 0 Å². The Morgan fingerprint density at radius 3 is 2.19 bits per heavy atom. The number of thiophene rings is 2. The van der Waals surface area contributed by atoms with Crippen LogP contribution >= 0.6 is 22.7 Å². The van der Waals surface area contributed by atoms with Crippen LogP contribution in [0.2, 0.25) is 0 Å². The van der Waals surface area contributed by atoms with E-state index in [1.54, 1.807) is 48.3 Å². The molecule has 31 heavy (non-hydrogen) atoms. The maximum atomic E-state index is 5.41. The smallest absolute Gasteiger partial charge is 0.247 e. The maximum absolute atomic E-state index is 5.41. The van der Waals surface area contributed by atoms with E-state index in [0.717, 1.165) is 15.4 Å². The fraction of sp³-hybridized carbons (Fsp3) is 0.0476. The van der Waals surface area contributed by atoms with Crippen molar-refractivity contribution in [2.24, 2.45) is 10.2 Å². The van der Waals surface area contributed by atoms with E-state index in [9.17, 15) is 0 Å². The van der Waals surface area contributed by atoms with Gasteiger partial charge in [-0.25, -0.2) is 5.43 Å². The van der Waals surface area contributed by atoms with Crippen LogP contribution in [0.5, 0.6) is 5.75 Å². The van der Waals surface area contributed by atoms with Gasteiger partial charge in [-0.2, -0.15) is 20.2 Å². The lowest BCUT2D eigenvalue weighted by Gasteiger charge is -2.12. The first-order chi connectivity index (χ1) is 15.3. The first-order valence-corrected chi connectivity index (χ1v) is 11.0. The van der Waals surface area contributed by atoms with Gasteiger partial charge in [0.2, 0.25) is 5.95 Å². The minimum Gasteiger partial charge on any atom is -0.495 e. The first kappa shape index (κ1) is 20.5. The number of hydrogen-bond donors (Lipinski definition) is 3. The van der Waals surface area contributed by atoms with Crippen molar-refractivity contribution in [3.8, 4) is 5.75 Å². The van der Waals surface area contributed by atoms with E-state index in [1.807, 2.05) is 59.3 Å². The number of nitrogens with zero attached hydrogens (tertiary/aromatic N) is 4. The third-order valence-electron chi connectivity index (χ3n) is 3.91. The molecule has 10 heteroatoms. The predicted molar refractivity (Wildman–Crippen MR) is 129 cm³/mol. The van der Waals surface area contributed by atoms with Crippen molar-refractivity contribution in [3.05, 3.63) is 75.1 Å². The molecule has 0 aliphatic carbocycles. The van der Waals surface area contributed by atoms with Crippen LogP contribution in [0.4, 0.5) is 23.3 Å². The number of para-hydroxylation sites is 2. The molecule has 4 aromatic rings. The molecule has 0 spiro atoms. The van der Waals surface area contributed by atoms with E-state index in [4.69, 9.17) is 4.74 Å². The van der Waals surface area contributed by atoms with Gasteiger partial charge in [-0.3, -0.25) is 5.43 Å². The Balaban J connectivity index is 1.56. The maximum Gasteiger partial charge on any atom is 0.247 e. The largest absolute Gasteiger partial charge is 0.495 e. The number of rotatable bonds is 9. The highest BCUT2D eigenvalue weighted by molar-refractivity contribution is 7.12. The number of hydrazone groups is 2. The molecule has 0 amide bonds. The Morgan fingerprint density at radius 1 is 0.839 bits per heavy atom. The number of ether oxygens (including phenoxy) is 1. The van der Waals surface area contributed by atoms with Gasteiger partial charge in [-0.05, 0) is 35.0 Å². The summed E-state index contributed by atoms with van der Waals surface area (Å²) >= 11 is 3.19. The van der Waals surface area contributed by atoms with Crippen molar-refractivity contribution in [3.63, 3.8) is 0 Å². The van der Waals surface area contributed by atoms with E-state index >= 15 is 0 Å². The Morgan fingerprint density at radius 2 is 1.52 bits per heavy atom. The molecule has 0 aliphatic rings. The highest BCUT2D eigenvalue weighted by Gasteiger charge is 2.07. The van der Waals surface area contributed by atoms with Gasteiger partial charge in [-0.15, -0.1) is 22.7 Å². The summed E-state index contributed by atoms with van der Waals surface area (Å²) in [5, 5.41) is 15.7. The Bertz CT molecular complexity index is 1090. The molecule has 0 fully saturated rings. The Kier molecular flexibility index (Phi) is 6.83. The van der Waals surface area contributed by atoms with Crippen LogP contribution in [0.15, 0.2) is 75.6 Å². The second kappa shape index (κ2) is 10.3. The number of methoxy groups -OCH3 is 1. The molecule has 3 aromatic heterocycles. The summed E-state index contributed by atoms with van der Waals surface area (Å²) in [5.41, 5.74) is 6.60. The topological polar surface area (TPSA) is 95.8 Å². The van der Waals surface area contributed by atoms with Gasteiger partial charge in [0.1, 0.15) is 11.6 Å². The third kappa shape index (κ3) is 5.87. The van der Waals surface area contributed by atoms with E-state index in [2.05, 4.69) is 36.3 Å². The normalized spacial score (nSPS) is 11.1. The van der Waals surface area contributed by atoms with Crippen LogP contribution in [0.1, 0.15) is 9.75 Å². The van der Waals surface area contributed by atoms with E-state index in [-0.39, 0.29) is 0 Å². The summed E-state index contributed by atoms with van der Waals surface area (Å²) in [4.78, 5) is 11.0. The monoisotopic (exact) mass is 449 g/mol. The van der Waals surface area contributed by atoms with Gasteiger partial charge in [0.15, 0.2) is 5.82 Å². The molecule has 0 bridgehead atoms. The van der Waals surface area contributed by atoms with Crippen LogP contribution < -0.4 is 20.9 Å². The minimum absolute atomic E-state index is 0.321. The fourth-order valence-electron chi connectivity index (χ4n) is 2.55. The molecular formula is C21H19N7OS2. The molecule has 0 saturated carbocycles. The van der Waals surface area contributed by atoms with Gasteiger partial charge in [-0.1, -0.05) is 24.3 Å². The summed E-state index contributed by atoms with van der Waals surface area (Å²) in [6.07, 6.45) is 3.46. The molecule has 3 heterocycles. The van der Waals surface area contributed by atoms with Crippen molar-refractivity contribution in [2.75, 3.05) is 23.3 Å². The molecule has 3 N–H and O–H groups in total. The van der Waals surface area contributed by atoms with Crippen LogP contribution in [0, 0.1) is 0 Å². The summed E-state index contributed by atoms with van der Waals surface area (Å²) < 4.78 is 5.41. The second-order valence-electron chi connectivity index (χ2n) is 6.06. The number of aromatic nitrogens is 2. The van der Waals surface area contributed by atoms with Crippen molar-refractivity contribution >= 4 is 58.4 Å². The number of benzene rings is 1. The van der Waals surface area contributed by atoms with Crippen molar-refractivity contribution in [1.29, 1.82) is 0 Å². The number of hydrogen-bond acceptors (Lipinski definition) is 10. The number of anilines is 4. The zero-order valence-electron chi connectivity index (χ0n) is 16.5. The first-order valence-electron chi connectivity index (χ1n) is 9.24. The average molecular weight is 450 g/mol. The van der Waals surface area contributed by atoms with Gasteiger partial charge in [0, 0.05) is 15.8 Å². The molecule has 8 nitrogen and oxygen atoms in total. The molecular weight excluding hydrogens is 430 g/mol. The average Bonchev–Trinajstić information content (AvgIpc) is 3.49. The Labute approximate surface area is 187 Å².